The van der Waals surface area contributed by atoms with Gasteiger partial charge < -0.3 is 24.8 Å². The lowest BCUT2D eigenvalue weighted by atomic mass is 10.2. The van der Waals surface area contributed by atoms with E-state index in [2.05, 4.69) is 15.6 Å². The van der Waals surface area contributed by atoms with Gasteiger partial charge in [0, 0.05) is 29.8 Å². The Hall–Kier alpha value is -3.48. The number of carbonyl (C=O) groups is 1. The highest BCUT2D eigenvalue weighted by molar-refractivity contribution is 5.99. The maximum atomic E-state index is 12.1. The number of amides is 2. The summed E-state index contributed by atoms with van der Waals surface area (Å²) in [6.07, 6.45) is 1.70. The highest BCUT2D eigenvalue weighted by atomic mass is 16.5. The summed E-state index contributed by atoms with van der Waals surface area (Å²) < 4.78 is 16.0. The number of hydrogen-bond donors (Lipinski definition) is 2. The van der Waals surface area contributed by atoms with E-state index in [9.17, 15) is 4.79 Å². The number of benzene rings is 2. The third kappa shape index (κ3) is 4.78. The van der Waals surface area contributed by atoms with E-state index in [4.69, 9.17) is 14.2 Å². The number of ether oxygens (including phenoxy) is 3. The molecule has 0 aliphatic carbocycles. The first-order valence-electron chi connectivity index (χ1n) is 8.44. The maximum absolute atomic E-state index is 12.1. The van der Waals surface area contributed by atoms with Crippen molar-refractivity contribution in [2.45, 2.75) is 0 Å². The van der Waals surface area contributed by atoms with E-state index in [1.165, 1.54) is 0 Å². The molecule has 0 atom stereocenters. The van der Waals surface area contributed by atoms with Crippen LogP contribution in [0.1, 0.15) is 0 Å². The molecule has 2 aromatic carbocycles. The van der Waals surface area contributed by atoms with Crippen LogP contribution in [0.5, 0.6) is 17.2 Å². The number of nitrogens with zero attached hydrogens (tertiary/aromatic N) is 1. The summed E-state index contributed by atoms with van der Waals surface area (Å²) in [4.78, 5) is 16.4. The van der Waals surface area contributed by atoms with Crippen molar-refractivity contribution in [3.8, 4) is 17.2 Å². The summed E-state index contributed by atoms with van der Waals surface area (Å²) in [5, 5.41) is 6.53. The molecule has 27 heavy (non-hydrogen) atoms. The third-order valence-electron chi connectivity index (χ3n) is 3.86. The first kappa shape index (κ1) is 18.3. The van der Waals surface area contributed by atoms with Gasteiger partial charge in [0.15, 0.2) is 0 Å². The van der Waals surface area contributed by atoms with Gasteiger partial charge >= 0.3 is 6.03 Å². The van der Waals surface area contributed by atoms with Gasteiger partial charge in [0.25, 0.3) is 0 Å². The smallest absolute Gasteiger partial charge is 0.319 e. The Morgan fingerprint density at radius 3 is 2.44 bits per heavy atom. The molecule has 0 unspecified atom stereocenters. The number of anilines is 1. The minimum absolute atomic E-state index is 0.303. The molecular formula is C20H21N3O4. The van der Waals surface area contributed by atoms with E-state index >= 15 is 0 Å². The molecule has 0 spiro atoms. The number of urea groups is 1. The van der Waals surface area contributed by atoms with Crippen LogP contribution in [0.25, 0.3) is 10.9 Å². The highest BCUT2D eigenvalue weighted by Gasteiger charge is 2.07. The van der Waals surface area contributed by atoms with E-state index in [1.54, 1.807) is 38.6 Å². The number of carbonyl (C=O) groups excluding carboxylic acids is 1. The fourth-order valence-corrected chi connectivity index (χ4v) is 2.57. The molecule has 1 heterocycles. The van der Waals surface area contributed by atoms with Gasteiger partial charge in [-0.2, -0.15) is 0 Å². The summed E-state index contributed by atoms with van der Waals surface area (Å²) in [6.45, 7) is 0.640. The minimum atomic E-state index is -0.319. The number of hydrogen-bond acceptors (Lipinski definition) is 5. The summed E-state index contributed by atoms with van der Waals surface area (Å²) in [6, 6.07) is 14.4. The summed E-state index contributed by atoms with van der Waals surface area (Å²) in [5.74, 6) is 1.88. The van der Waals surface area contributed by atoms with Gasteiger partial charge in [-0.1, -0.05) is 18.2 Å². The van der Waals surface area contributed by atoms with Crippen molar-refractivity contribution in [2.24, 2.45) is 0 Å². The molecule has 7 heteroatoms. The van der Waals surface area contributed by atoms with Crippen molar-refractivity contribution >= 4 is 22.6 Å². The second-order valence-electron chi connectivity index (χ2n) is 5.66. The SMILES string of the molecule is COc1cc(OC)cc(OCCNC(=O)Nc2cccc3cccnc23)c1. The topological polar surface area (TPSA) is 81.7 Å². The number of methoxy groups -OCH3 is 2. The zero-order valence-corrected chi connectivity index (χ0v) is 15.2. The zero-order chi connectivity index (χ0) is 19.1. The Bertz CT molecular complexity index is 902. The first-order valence-corrected chi connectivity index (χ1v) is 8.44. The second kappa shape index (κ2) is 8.75. The fraction of sp³-hybridized carbons (Fsp3) is 0.200. The highest BCUT2D eigenvalue weighted by Crippen LogP contribution is 2.27. The van der Waals surface area contributed by atoms with E-state index < -0.39 is 0 Å². The Kier molecular flexibility index (Phi) is 5.94. The first-order chi connectivity index (χ1) is 13.2. The second-order valence-corrected chi connectivity index (χ2v) is 5.66. The molecule has 7 nitrogen and oxygen atoms in total. The lowest BCUT2D eigenvalue weighted by Crippen LogP contribution is -2.32. The van der Waals surface area contributed by atoms with Crippen LogP contribution in [0.2, 0.25) is 0 Å². The molecule has 2 N–H and O–H groups in total. The largest absolute Gasteiger partial charge is 0.496 e. The number of nitrogens with one attached hydrogen (secondary N) is 2. The molecule has 2 amide bonds. The van der Waals surface area contributed by atoms with Crippen molar-refractivity contribution in [1.29, 1.82) is 0 Å². The van der Waals surface area contributed by atoms with Crippen LogP contribution in [-0.4, -0.2) is 38.4 Å². The number of aromatic nitrogens is 1. The van der Waals surface area contributed by atoms with Gasteiger partial charge in [-0.3, -0.25) is 4.98 Å². The maximum Gasteiger partial charge on any atom is 0.319 e. The van der Waals surface area contributed by atoms with E-state index in [1.807, 2.05) is 30.3 Å². The average molecular weight is 367 g/mol. The number of rotatable bonds is 7. The van der Waals surface area contributed by atoms with Crippen molar-refractivity contribution < 1.29 is 19.0 Å². The van der Waals surface area contributed by atoms with Gasteiger partial charge in [0.05, 0.1) is 32.0 Å². The Morgan fingerprint density at radius 1 is 1.00 bits per heavy atom. The molecule has 1 aromatic heterocycles. The quantitative estimate of drug-likeness (QED) is 0.625. The number of pyridine rings is 1. The third-order valence-corrected chi connectivity index (χ3v) is 3.86. The summed E-state index contributed by atoms with van der Waals surface area (Å²) in [5.41, 5.74) is 1.40. The van der Waals surface area contributed by atoms with E-state index in [-0.39, 0.29) is 6.03 Å². The number of para-hydroxylation sites is 1. The van der Waals surface area contributed by atoms with Crippen molar-refractivity contribution in [3.63, 3.8) is 0 Å². The lowest BCUT2D eigenvalue weighted by Gasteiger charge is -2.12. The zero-order valence-electron chi connectivity index (χ0n) is 15.2. The molecule has 0 bridgehead atoms. The van der Waals surface area contributed by atoms with E-state index in [0.717, 1.165) is 10.9 Å². The average Bonchev–Trinajstić information content (AvgIpc) is 2.71. The lowest BCUT2D eigenvalue weighted by molar-refractivity contribution is 0.247. The fourth-order valence-electron chi connectivity index (χ4n) is 2.57. The van der Waals surface area contributed by atoms with Crippen LogP contribution >= 0.6 is 0 Å². The van der Waals surface area contributed by atoms with Crippen LogP contribution in [0, 0.1) is 0 Å². The van der Waals surface area contributed by atoms with Crippen LogP contribution < -0.4 is 24.8 Å². The van der Waals surface area contributed by atoms with Gasteiger partial charge in [0.2, 0.25) is 0 Å². The van der Waals surface area contributed by atoms with Crippen molar-refractivity contribution in [2.75, 3.05) is 32.7 Å². The summed E-state index contributed by atoms with van der Waals surface area (Å²) in [7, 11) is 3.15. The molecule has 0 aliphatic heterocycles. The Morgan fingerprint density at radius 2 is 1.70 bits per heavy atom. The van der Waals surface area contributed by atoms with Crippen molar-refractivity contribution in [3.05, 3.63) is 54.7 Å². The standard InChI is InChI=1S/C20H21N3O4/c1-25-15-11-16(26-2)13-17(12-15)27-10-9-22-20(24)23-18-7-3-5-14-6-4-8-21-19(14)18/h3-8,11-13H,9-10H2,1-2H3,(H2,22,23,24). The molecule has 0 radical (unpaired) electrons. The normalized spacial score (nSPS) is 10.3. The van der Waals surface area contributed by atoms with E-state index in [0.29, 0.717) is 36.1 Å². The number of fused-ring (bicyclic) bond motifs is 1. The molecule has 3 aromatic rings. The Labute approximate surface area is 157 Å². The molecule has 3 rings (SSSR count). The Balaban J connectivity index is 1.51. The van der Waals surface area contributed by atoms with Crippen molar-refractivity contribution in [1.82, 2.24) is 10.3 Å². The predicted octanol–water partition coefficient (Wildman–Crippen LogP) is 3.45. The summed E-state index contributed by atoms with van der Waals surface area (Å²) >= 11 is 0. The van der Waals surface area contributed by atoms with Gasteiger partial charge in [-0.15, -0.1) is 0 Å². The predicted molar refractivity (Wildman–Crippen MR) is 104 cm³/mol. The molecule has 0 aliphatic rings. The molecular weight excluding hydrogens is 346 g/mol. The molecule has 0 fully saturated rings. The molecule has 0 saturated carbocycles. The van der Waals surface area contributed by atoms with Crippen LogP contribution in [0.4, 0.5) is 10.5 Å². The van der Waals surface area contributed by atoms with Crippen LogP contribution in [0.15, 0.2) is 54.7 Å². The minimum Gasteiger partial charge on any atom is -0.496 e. The molecule has 0 saturated heterocycles. The molecule has 140 valence electrons. The van der Waals surface area contributed by atoms with Gasteiger partial charge in [0.1, 0.15) is 23.9 Å². The van der Waals surface area contributed by atoms with Gasteiger partial charge in [-0.25, -0.2) is 4.79 Å². The monoisotopic (exact) mass is 367 g/mol. The van der Waals surface area contributed by atoms with Crippen LogP contribution in [-0.2, 0) is 0 Å². The van der Waals surface area contributed by atoms with Crippen LogP contribution in [0.3, 0.4) is 0 Å². The van der Waals surface area contributed by atoms with Gasteiger partial charge in [-0.05, 0) is 12.1 Å².